The van der Waals surface area contributed by atoms with Crippen LogP contribution in [0.2, 0.25) is 10.3 Å². The van der Waals surface area contributed by atoms with E-state index < -0.39 is 17.6 Å². The zero-order valence-electron chi connectivity index (χ0n) is 10.2. The Morgan fingerprint density at radius 3 is 2.43 bits per heavy atom. The average molecular weight is 340 g/mol. The van der Waals surface area contributed by atoms with E-state index in [0.29, 0.717) is 17.7 Å². The molecule has 0 amide bonds. The lowest BCUT2D eigenvalue weighted by Gasteiger charge is -2.11. The van der Waals surface area contributed by atoms with E-state index in [2.05, 4.69) is 4.98 Å². The molecule has 0 saturated carbocycles. The maximum absolute atomic E-state index is 13.1. The summed E-state index contributed by atoms with van der Waals surface area (Å²) >= 11 is 11.4. The normalized spacial score (nSPS) is 11.5. The van der Waals surface area contributed by atoms with Crippen molar-refractivity contribution in [1.82, 2.24) is 4.98 Å². The third-order valence-electron chi connectivity index (χ3n) is 2.53. The minimum absolute atomic E-state index is 0.0839. The smallest absolute Gasteiger partial charge is 0.419 e. The minimum atomic E-state index is -4.79. The van der Waals surface area contributed by atoms with Gasteiger partial charge in [-0.1, -0.05) is 23.2 Å². The highest BCUT2D eigenvalue weighted by atomic mass is 35.5. The van der Waals surface area contributed by atoms with Crippen LogP contribution in [0.5, 0.6) is 5.75 Å². The van der Waals surface area contributed by atoms with Gasteiger partial charge >= 0.3 is 6.18 Å². The van der Waals surface area contributed by atoms with Gasteiger partial charge in [0.15, 0.2) is 0 Å². The van der Waals surface area contributed by atoms with E-state index in [1.165, 1.54) is 12.1 Å². The van der Waals surface area contributed by atoms with Crippen molar-refractivity contribution in [3.63, 3.8) is 0 Å². The molecule has 0 N–H and O–H groups in total. The van der Waals surface area contributed by atoms with Crippen LogP contribution in [0.25, 0.3) is 0 Å². The van der Waals surface area contributed by atoms with Crippen LogP contribution >= 0.6 is 23.2 Å². The first kappa shape index (κ1) is 15.9. The lowest BCUT2D eigenvalue weighted by molar-refractivity contribution is -0.140. The Morgan fingerprint density at radius 2 is 1.81 bits per heavy atom. The Labute approximate surface area is 127 Å². The average Bonchev–Trinajstić information content (AvgIpc) is 2.38. The molecule has 0 atom stereocenters. The highest BCUT2D eigenvalue weighted by molar-refractivity contribution is 6.32. The van der Waals surface area contributed by atoms with Gasteiger partial charge in [0.2, 0.25) is 0 Å². The monoisotopic (exact) mass is 339 g/mol. The van der Waals surface area contributed by atoms with Gasteiger partial charge in [-0.15, -0.1) is 0 Å². The largest absolute Gasteiger partial charge is 0.489 e. The zero-order valence-corrected chi connectivity index (χ0v) is 11.7. The van der Waals surface area contributed by atoms with Crippen LogP contribution in [0.15, 0.2) is 30.3 Å². The number of benzene rings is 1. The molecule has 0 radical (unpaired) electrons. The molecule has 2 rings (SSSR count). The summed E-state index contributed by atoms with van der Waals surface area (Å²) in [6, 6.07) is 5.39. The summed E-state index contributed by atoms with van der Waals surface area (Å²) in [7, 11) is 0. The number of hydrogen-bond acceptors (Lipinski definition) is 2. The highest BCUT2D eigenvalue weighted by Gasteiger charge is 2.34. The number of nitrogens with zero attached hydrogens (tertiary/aromatic N) is 1. The zero-order chi connectivity index (χ0) is 15.6. The quantitative estimate of drug-likeness (QED) is 0.571. The van der Waals surface area contributed by atoms with Gasteiger partial charge in [-0.3, -0.25) is 0 Å². The number of rotatable bonds is 3. The van der Waals surface area contributed by atoms with Gasteiger partial charge in [-0.2, -0.15) is 13.2 Å². The molecular formula is C13H7Cl2F4NO. The number of halogens is 6. The van der Waals surface area contributed by atoms with E-state index in [1.54, 1.807) is 0 Å². The Balaban J connectivity index is 2.17. The summed E-state index contributed by atoms with van der Waals surface area (Å²) in [5.41, 5.74) is -0.945. The number of ether oxygens (including phenoxy) is 1. The molecule has 0 aliphatic carbocycles. The van der Waals surface area contributed by atoms with E-state index >= 15 is 0 Å². The van der Waals surface area contributed by atoms with E-state index in [0.717, 1.165) is 6.07 Å². The van der Waals surface area contributed by atoms with Gasteiger partial charge in [0.25, 0.3) is 0 Å². The summed E-state index contributed by atoms with van der Waals surface area (Å²) in [6.45, 7) is -0.119. The van der Waals surface area contributed by atoms with Gasteiger partial charge in [-0.25, -0.2) is 9.37 Å². The van der Waals surface area contributed by atoms with Gasteiger partial charge in [0.05, 0.1) is 5.56 Å². The third-order valence-corrected chi connectivity index (χ3v) is 3.07. The van der Waals surface area contributed by atoms with E-state index in [9.17, 15) is 17.6 Å². The number of hydrogen-bond donors (Lipinski definition) is 0. The molecular weight excluding hydrogens is 333 g/mol. The molecule has 1 aromatic carbocycles. The summed E-state index contributed by atoms with van der Waals surface area (Å²) in [6.07, 6.45) is -4.79. The maximum atomic E-state index is 13.1. The van der Waals surface area contributed by atoms with Crippen LogP contribution in [0, 0.1) is 5.82 Å². The summed E-state index contributed by atoms with van der Waals surface area (Å²) < 4.78 is 56.0. The lowest BCUT2D eigenvalue weighted by atomic mass is 10.2. The molecule has 0 spiro atoms. The number of alkyl halides is 3. The second kappa shape index (κ2) is 6.07. The molecule has 0 fully saturated rings. The van der Waals surface area contributed by atoms with Crippen molar-refractivity contribution in [2.24, 2.45) is 0 Å². The second-order valence-corrected chi connectivity index (χ2v) is 4.76. The minimum Gasteiger partial charge on any atom is -0.489 e. The maximum Gasteiger partial charge on any atom is 0.419 e. The lowest BCUT2D eigenvalue weighted by Crippen LogP contribution is -2.08. The fourth-order valence-corrected chi connectivity index (χ4v) is 1.92. The molecule has 112 valence electrons. The van der Waals surface area contributed by atoms with Gasteiger partial charge in [-0.05, 0) is 30.3 Å². The van der Waals surface area contributed by atoms with Crippen molar-refractivity contribution >= 4 is 23.2 Å². The van der Waals surface area contributed by atoms with Crippen LogP contribution < -0.4 is 4.74 Å². The Hall–Kier alpha value is -1.53. The summed E-state index contributed by atoms with van der Waals surface area (Å²) in [4.78, 5) is 3.77. The van der Waals surface area contributed by atoms with Crippen LogP contribution in [-0.2, 0) is 12.8 Å². The fourth-order valence-electron chi connectivity index (χ4n) is 1.52. The predicted octanol–water partition coefficient (Wildman–Crippen LogP) is 5.13. The molecule has 8 heteroatoms. The number of aromatic nitrogens is 1. The Morgan fingerprint density at radius 1 is 1.10 bits per heavy atom. The van der Waals surface area contributed by atoms with E-state index in [1.807, 2.05) is 0 Å². The van der Waals surface area contributed by atoms with Crippen molar-refractivity contribution < 1.29 is 22.3 Å². The van der Waals surface area contributed by atoms with Gasteiger partial charge in [0.1, 0.15) is 28.5 Å². The molecule has 2 nitrogen and oxygen atoms in total. The van der Waals surface area contributed by atoms with Gasteiger partial charge < -0.3 is 4.74 Å². The fraction of sp³-hybridized carbons (Fsp3) is 0.154. The predicted molar refractivity (Wildman–Crippen MR) is 70.0 cm³/mol. The SMILES string of the molecule is Fc1ccc(OCc2ccc(Cl)nc2Cl)cc1C(F)(F)F. The molecule has 0 aliphatic heterocycles. The van der Waals surface area contributed by atoms with Crippen LogP contribution in [-0.4, -0.2) is 4.98 Å². The Kier molecular flexibility index (Phi) is 4.58. The highest BCUT2D eigenvalue weighted by Crippen LogP contribution is 2.33. The van der Waals surface area contributed by atoms with Crippen molar-refractivity contribution in [2.75, 3.05) is 0 Å². The van der Waals surface area contributed by atoms with Crippen molar-refractivity contribution in [1.29, 1.82) is 0 Å². The molecule has 21 heavy (non-hydrogen) atoms. The van der Waals surface area contributed by atoms with Gasteiger partial charge in [0, 0.05) is 5.56 Å². The molecule has 0 aliphatic rings. The first-order valence-electron chi connectivity index (χ1n) is 5.58. The molecule has 2 aromatic rings. The second-order valence-electron chi connectivity index (χ2n) is 4.01. The van der Waals surface area contributed by atoms with E-state index in [4.69, 9.17) is 27.9 Å². The molecule has 1 aromatic heterocycles. The van der Waals surface area contributed by atoms with Crippen LogP contribution in [0.4, 0.5) is 17.6 Å². The topological polar surface area (TPSA) is 22.1 Å². The molecule has 0 unspecified atom stereocenters. The van der Waals surface area contributed by atoms with E-state index in [-0.39, 0.29) is 22.7 Å². The standard InChI is InChI=1S/C13H7Cl2F4NO/c14-11-4-1-7(12(15)20-11)6-21-8-2-3-10(16)9(5-8)13(17,18)19/h1-5H,6H2. The first-order chi connectivity index (χ1) is 9.77. The molecule has 0 saturated heterocycles. The summed E-state index contributed by atoms with van der Waals surface area (Å²) in [5.74, 6) is -1.49. The van der Waals surface area contributed by atoms with Crippen molar-refractivity contribution in [2.45, 2.75) is 12.8 Å². The molecule has 1 heterocycles. The Bertz CT molecular complexity index is 661. The van der Waals surface area contributed by atoms with Crippen molar-refractivity contribution in [3.05, 3.63) is 57.6 Å². The third kappa shape index (κ3) is 3.98. The van der Waals surface area contributed by atoms with Crippen LogP contribution in [0.1, 0.15) is 11.1 Å². The summed E-state index contributed by atoms with van der Waals surface area (Å²) in [5, 5.41) is 0.269. The first-order valence-corrected chi connectivity index (χ1v) is 6.33. The van der Waals surface area contributed by atoms with Crippen molar-refractivity contribution in [3.8, 4) is 5.75 Å². The molecule has 0 bridgehead atoms. The van der Waals surface area contributed by atoms with Crippen LogP contribution in [0.3, 0.4) is 0 Å². The number of pyridine rings is 1.